The van der Waals surface area contributed by atoms with Gasteiger partial charge in [0, 0.05) is 17.5 Å². The molecule has 1 N–H and O–H groups in total. The first-order valence-electron chi connectivity index (χ1n) is 6.85. The molecule has 1 amide bonds. The Bertz CT molecular complexity index is 731. The maximum Gasteiger partial charge on any atom is 0.307 e. The number of hydrogen-bond acceptors (Lipinski definition) is 4. The van der Waals surface area contributed by atoms with E-state index < -0.39 is 5.97 Å². The van der Waals surface area contributed by atoms with Crippen LogP contribution >= 0.6 is 0 Å². The summed E-state index contributed by atoms with van der Waals surface area (Å²) in [6.45, 7) is 3.40. The Morgan fingerprint density at radius 2 is 2.09 bits per heavy atom. The lowest BCUT2D eigenvalue weighted by molar-refractivity contribution is -0.141. The van der Waals surface area contributed by atoms with E-state index in [2.05, 4.69) is 15.0 Å². The molecule has 2 rings (SSSR count). The third-order valence-corrected chi connectivity index (χ3v) is 3.29. The van der Waals surface area contributed by atoms with Crippen molar-refractivity contribution >= 4 is 22.8 Å². The van der Waals surface area contributed by atoms with Gasteiger partial charge < -0.3 is 10.1 Å². The second-order valence-electron chi connectivity index (χ2n) is 5.11. The van der Waals surface area contributed by atoms with Crippen LogP contribution in [0.2, 0.25) is 0 Å². The van der Waals surface area contributed by atoms with Gasteiger partial charge in [0.2, 0.25) is 0 Å². The molecule has 2 aromatic rings. The first-order chi connectivity index (χ1) is 10.4. The highest BCUT2D eigenvalue weighted by Gasteiger charge is 2.16. The number of benzene rings is 1. The van der Waals surface area contributed by atoms with Crippen molar-refractivity contribution < 1.29 is 18.7 Å². The van der Waals surface area contributed by atoms with Crippen LogP contribution in [0.3, 0.4) is 0 Å². The van der Waals surface area contributed by atoms with E-state index in [1.54, 1.807) is 26.0 Å². The smallest absolute Gasteiger partial charge is 0.307 e. The third kappa shape index (κ3) is 3.58. The lowest BCUT2D eigenvalue weighted by atomic mass is 10.1. The molecule has 0 aliphatic carbocycles. The van der Waals surface area contributed by atoms with Gasteiger partial charge in [-0.25, -0.2) is 4.39 Å². The molecule has 6 heteroatoms. The fourth-order valence-electron chi connectivity index (χ4n) is 2.15. The van der Waals surface area contributed by atoms with Gasteiger partial charge in [-0.3, -0.25) is 14.6 Å². The number of pyridine rings is 1. The summed E-state index contributed by atoms with van der Waals surface area (Å²) < 4.78 is 17.8. The Hall–Kier alpha value is -2.50. The minimum Gasteiger partial charge on any atom is -0.469 e. The fraction of sp³-hybridized carbons (Fsp3) is 0.312. The molecular formula is C16H17FN2O3. The highest BCUT2D eigenvalue weighted by molar-refractivity contribution is 5.98. The summed E-state index contributed by atoms with van der Waals surface area (Å²) in [5.74, 6) is -1.09. The molecule has 116 valence electrons. The van der Waals surface area contributed by atoms with Gasteiger partial charge in [0.15, 0.2) is 0 Å². The number of fused-ring (bicyclic) bond motifs is 1. The molecule has 1 aromatic heterocycles. The molecule has 0 radical (unpaired) electrons. The maximum absolute atomic E-state index is 13.2. The number of carbonyl (C=O) groups is 2. The van der Waals surface area contributed by atoms with Crippen molar-refractivity contribution in [1.82, 2.24) is 10.3 Å². The van der Waals surface area contributed by atoms with Crippen molar-refractivity contribution in [1.29, 1.82) is 0 Å². The van der Waals surface area contributed by atoms with Crippen molar-refractivity contribution in [2.75, 3.05) is 7.11 Å². The third-order valence-electron chi connectivity index (χ3n) is 3.29. The first-order valence-corrected chi connectivity index (χ1v) is 6.85. The summed E-state index contributed by atoms with van der Waals surface area (Å²) in [5, 5.41) is 3.40. The van der Waals surface area contributed by atoms with Crippen LogP contribution in [0.1, 0.15) is 29.4 Å². The molecule has 0 saturated heterocycles. The molecule has 5 nitrogen and oxygen atoms in total. The van der Waals surface area contributed by atoms with E-state index in [0.717, 1.165) is 0 Å². The Morgan fingerprint density at radius 3 is 2.77 bits per heavy atom. The molecule has 0 aliphatic rings. The maximum atomic E-state index is 13.2. The molecule has 0 spiro atoms. The van der Waals surface area contributed by atoms with Gasteiger partial charge in [-0.2, -0.15) is 0 Å². The number of esters is 1. The molecule has 0 fully saturated rings. The van der Waals surface area contributed by atoms with Crippen LogP contribution in [0.5, 0.6) is 0 Å². The number of nitrogens with one attached hydrogen (secondary N) is 1. The molecule has 22 heavy (non-hydrogen) atoms. The van der Waals surface area contributed by atoms with Crippen LogP contribution < -0.4 is 5.32 Å². The lowest BCUT2D eigenvalue weighted by Crippen LogP contribution is -2.35. The molecule has 1 aromatic carbocycles. The van der Waals surface area contributed by atoms with Crippen LogP contribution in [-0.2, 0) is 9.53 Å². The van der Waals surface area contributed by atoms with Crippen molar-refractivity contribution in [2.45, 2.75) is 26.3 Å². The lowest BCUT2D eigenvalue weighted by Gasteiger charge is -2.14. The number of rotatable bonds is 4. The number of ether oxygens (including phenoxy) is 1. The molecular weight excluding hydrogens is 287 g/mol. The van der Waals surface area contributed by atoms with Gasteiger partial charge in [0.25, 0.3) is 5.91 Å². The minimum atomic E-state index is -0.392. The topological polar surface area (TPSA) is 68.3 Å². The van der Waals surface area contributed by atoms with Crippen molar-refractivity contribution in [3.63, 3.8) is 0 Å². The Morgan fingerprint density at radius 1 is 1.36 bits per heavy atom. The van der Waals surface area contributed by atoms with Crippen LogP contribution in [-0.4, -0.2) is 30.0 Å². The predicted octanol–water partition coefficient (Wildman–Crippen LogP) is 2.36. The zero-order valence-corrected chi connectivity index (χ0v) is 12.6. The van der Waals surface area contributed by atoms with E-state index in [1.165, 1.54) is 19.2 Å². The number of aryl methyl sites for hydroxylation is 1. The summed E-state index contributed by atoms with van der Waals surface area (Å²) >= 11 is 0. The Balaban J connectivity index is 2.22. The quantitative estimate of drug-likeness (QED) is 0.881. The monoisotopic (exact) mass is 304 g/mol. The fourth-order valence-corrected chi connectivity index (χ4v) is 2.15. The zero-order valence-electron chi connectivity index (χ0n) is 12.6. The van der Waals surface area contributed by atoms with E-state index in [0.29, 0.717) is 22.2 Å². The van der Waals surface area contributed by atoms with Crippen LogP contribution in [0.25, 0.3) is 10.9 Å². The van der Waals surface area contributed by atoms with Crippen LogP contribution in [0.4, 0.5) is 4.39 Å². The van der Waals surface area contributed by atoms with Crippen molar-refractivity contribution in [3.05, 3.63) is 41.3 Å². The molecule has 0 saturated carbocycles. The number of nitrogens with zero attached hydrogens (tertiary/aromatic N) is 1. The Kier molecular flexibility index (Phi) is 4.70. The standard InChI is InChI=1S/C16H17FN2O3/c1-9(6-15(20)22-3)18-16(21)13-7-11-4-5-12(17)8-14(11)19-10(13)2/h4-5,7-9H,6H2,1-3H3,(H,18,21). The van der Waals surface area contributed by atoms with Crippen molar-refractivity contribution in [2.24, 2.45) is 0 Å². The molecule has 0 aliphatic heterocycles. The Labute approximate surface area is 127 Å². The average Bonchev–Trinajstić information content (AvgIpc) is 2.45. The number of amides is 1. The number of halogens is 1. The average molecular weight is 304 g/mol. The SMILES string of the molecule is COC(=O)CC(C)NC(=O)c1cc2ccc(F)cc2nc1C. The molecule has 1 heterocycles. The van der Waals surface area contributed by atoms with Gasteiger partial charge >= 0.3 is 5.97 Å². The van der Waals surface area contributed by atoms with E-state index in [4.69, 9.17) is 0 Å². The highest BCUT2D eigenvalue weighted by atomic mass is 19.1. The molecule has 0 bridgehead atoms. The first kappa shape index (κ1) is 15.9. The number of aromatic nitrogens is 1. The number of methoxy groups -OCH3 is 1. The van der Waals surface area contributed by atoms with E-state index >= 15 is 0 Å². The normalized spacial score (nSPS) is 12.0. The van der Waals surface area contributed by atoms with Gasteiger partial charge in [-0.15, -0.1) is 0 Å². The summed E-state index contributed by atoms with van der Waals surface area (Å²) in [5.41, 5.74) is 1.40. The van der Waals surface area contributed by atoms with Crippen LogP contribution in [0, 0.1) is 12.7 Å². The summed E-state index contributed by atoms with van der Waals surface area (Å²) in [7, 11) is 1.30. The largest absolute Gasteiger partial charge is 0.469 e. The highest BCUT2D eigenvalue weighted by Crippen LogP contribution is 2.18. The van der Waals surface area contributed by atoms with Gasteiger partial charge in [0.1, 0.15) is 5.82 Å². The van der Waals surface area contributed by atoms with Crippen LogP contribution in [0.15, 0.2) is 24.3 Å². The van der Waals surface area contributed by atoms with E-state index in [1.807, 2.05) is 0 Å². The second-order valence-corrected chi connectivity index (χ2v) is 5.11. The van der Waals surface area contributed by atoms with Crippen molar-refractivity contribution in [3.8, 4) is 0 Å². The molecule has 1 unspecified atom stereocenters. The second kappa shape index (κ2) is 6.51. The summed E-state index contributed by atoms with van der Waals surface area (Å²) in [6.07, 6.45) is 0.0908. The minimum absolute atomic E-state index is 0.0908. The zero-order chi connectivity index (χ0) is 16.3. The number of hydrogen-bond donors (Lipinski definition) is 1. The van der Waals surface area contributed by atoms with Gasteiger partial charge in [-0.05, 0) is 32.0 Å². The summed E-state index contributed by atoms with van der Waals surface area (Å²) in [4.78, 5) is 27.7. The molecule has 1 atom stereocenters. The number of carbonyl (C=O) groups excluding carboxylic acids is 2. The van der Waals surface area contributed by atoms with E-state index in [9.17, 15) is 14.0 Å². The van der Waals surface area contributed by atoms with E-state index in [-0.39, 0.29) is 24.2 Å². The van der Waals surface area contributed by atoms with Gasteiger partial charge in [-0.1, -0.05) is 0 Å². The summed E-state index contributed by atoms with van der Waals surface area (Å²) in [6, 6.07) is 5.52. The predicted molar refractivity (Wildman–Crippen MR) is 80.0 cm³/mol. The van der Waals surface area contributed by atoms with Gasteiger partial charge in [0.05, 0.1) is 30.3 Å².